The van der Waals surface area contributed by atoms with E-state index in [0.29, 0.717) is 12.5 Å². The molecule has 3 aliphatic rings. The monoisotopic (exact) mass is 563 g/mol. The summed E-state index contributed by atoms with van der Waals surface area (Å²) in [4.78, 5) is 25.7. The first-order valence-electron chi connectivity index (χ1n) is 14.7. The smallest absolute Gasteiger partial charge is 0.309 e. The molecule has 1 aromatic rings. The minimum Gasteiger partial charge on any atom is -1.00 e. The Morgan fingerprint density at radius 2 is 1.44 bits per heavy atom. The number of Topliss-reactive ketones (excluding diaryl/α,β-unsaturated/α-hetero) is 1. The van der Waals surface area contributed by atoms with Gasteiger partial charge in [-0.25, -0.2) is 0 Å². The molecular formula is C31H50BrNO3. The van der Waals surface area contributed by atoms with Crippen molar-refractivity contribution in [1.29, 1.82) is 0 Å². The fourth-order valence-corrected chi connectivity index (χ4v) is 6.09. The number of carbonyl (C=O) groups is 2. The number of fused-ring (bicyclic) bond motifs is 3. The van der Waals surface area contributed by atoms with E-state index in [1.807, 2.05) is 37.3 Å². The third-order valence-corrected chi connectivity index (χ3v) is 8.53. The fourth-order valence-electron chi connectivity index (χ4n) is 6.09. The van der Waals surface area contributed by atoms with Gasteiger partial charge in [-0.15, -0.1) is 0 Å². The van der Waals surface area contributed by atoms with Gasteiger partial charge in [-0.2, -0.15) is 0 Å². The highest BCUT2D eigenvalue weighted by Crippen LogP contribution is 2.36. The van der Waals surface area contributed by atoms with Crippen LogP contribution >= 0.6 is 0 Å². The highest BCUT2D eigenvalue weighted by molar-refractivity contribution is 5.96. The zero-order valence-electron chi connectivity index (χ0n) is 22.9. The molecule has 0 N–H and O–H groups in total. The Balaban J connectivity index is 0.00000456. The lowest BCUT2D eigenvalue weighted by molar-refractivity contribution is -0.938. The van der Waals surface area contributed by atoms with E-state index in [1.54, 1.807) is 0 Å². The standard InChI is InChI=1S/C31H50NO3.BrH/c1-3-4-5-6-7-8-9-10-11-12-14-17-26(2)31(34)35-30-25-32(22-20-28(30)21-23-32)24-29(33)27-18-15-13-16-19-27;/h13,15-16,18-19,26,28,30H,3-12,14,17,20-25H2,1-2H3;1H/q+1;/p-1. The number of esters is 1. The van der Waals surface area contributed by atoms with Gasteiger partial charge in [0.25, 0.3) is 0 Å². The Kier molecular flexibility index (Phi) is 14.3. The normalized spacial score (nSPS) is 23.6. The first kappa shape index (κ1) is 31.0. The number of benzene rings is 1. The second-order valence-electron chi connectivity index (χ2n) is 11.5. The summed E-state index contributed by atoms with van der Waals surface area (Å²) in [7, 11) is 0. The molecule has 0 amide bonds. The molecule has 1 aromatic carbocycles. The molecule has 2 unspecified atom stereocenters. The van der Waals surface area contributed by atoms with Crippen molar-refractivity contribution in [2.24, 2.45) is 11.8 Å². The maximum atomic E-state index is 12.9. The number of quaternary nitrogens is 1. The first-order valence-corrected chi connectivity index (χ1v) is 14.7. The van der Waals surface area contributed by atoms with Crippen molar-refractivity contribution >= 4 is 11.8 Å². The van der Waals surface area contributed by atoms with Crippen LogP contribution in [0.25, 0.3) is 0 Å². The molecule has 4 nitrogen and oxygen atoms in total. The van der Waals surface area contributed by atoms with E-state index in [-0.39, 0.29) is 40.8 Å². The van der Waals surface area contributed by atoms with E-state index >= 15 is 0 Å². The Morgan fingerprint density at radius 1 is 0.889 bits per heavy atom. The molecule has 2 bridgehead atoms. The number of unbranched alkanes of at least 4 members (excludes halogenated alkanes) is 10. The lowest BCUT2D eigenvalue weighted by Crippen LogP contribution is -3.00. The van der Waals surface area contributed by atoms with Gasteiger partial charge in [-0.3, -0.25) is 9.59 Å². The zero-order valence-corrected chi connectivity index (χ0v) is 24.5. The number of hydrogen-bond donors (Lipinski definition) is 0. The van der Waals surface area contributed by atoms with Crippen molar-refractivity contribution in [2.45, 2.75) is 110 Å². The van der Waals surface area contributed by atoms with Crippen molar-refractivity contribution in [1.82, 2.24) is 0 Å². The van der Waals surface area contributed by atoms with Gasteiger partial charge in [0.05, 0.1) is 19.0 Å². The lowest BCUT2D eigenvalue weighted by atomic mass is 9.82. The number of nitrogens with zero attached hydrogens (tertiary/aromatic N) is 1. The minimum atomic E-state index is -0.0247. The molecular weight excluding hydrogens is 514 g/mol. The third-order valence-electron chi connectivity index (χ3n) is 8.53. The van der Waals surface area contributed by atoms with Crippen LogP contribution in [0.15, 0.2) is 30.3 Å². The lowest BCUT2D eigenvalue weighted by Gasteiger charge is -2.51. The Labute approximate surface area is 230 Å². The van der Waals surface area contributed by atoms with Crippen molar-refractivity contribution < 1.29 is 35.8 Å². The average molecular weight is 565 g/mol. The van der Waals surface area contributed by atoms with E-state index in [1.165, 1.54) is 64.2 Å². The van der Waals surface area contributed by atoms with Gasteiger partial charge in [0.2, 0.25) is 5.78 Å². The molecule has 3 saturated heterocycles. The number of rotatable bonds is 17. The van der Waals surface area contributed by atoms with Crippen LogP contribution in [0.4, 0.5) is 0 Å². The molecule has 4 rings (SSSR count). The first-order chi connectivity index (χ1) is 17.0. The summed E-state index contributed by atoms with van der Waals surface area (Å²) in [5.74, 6) is 0.632. The molecule has 0 saturated carbocycles. The van der Waals surface area contributed by atoms with Gasteiger partial charge in [0.15, 0.2) is 6.10 Å². The highest BCUT2D eigenvalue weighted by Gasteiger charge is 2.48. The molecule has 0 aromatic heterocycles. The summed E-state index contributed by atoms with van der Waals surface area (Å²) in [5.41, 5.74) is 0.793. The number of halogens is 1. The zero-order chi connectivity index (χ0) is 24.9. The van der Waals surface area contributed by atoms with Crippen LogP contribution in [-0.4, -0.2) is 48.5 Å². The third kappa shape index (κ3) is 9.93. The SMILES string of the molecule is CCCCCCCCCCCCCC(C)C(=O)OC1C[N+]2(CC(=O)c3ccccc3)CCC1CC2.[Br-]. The molecule has 2 atom stereocenters. The molecule has 36 heavy (non-hydrogen) atoms. The van der Waals surface area contributed by atoms with Gasteiger partial charge in [-0.1, -0.05) is 115 Å². The molecule has 204 valence electrons. The van der Waals surface area contributed by atoms with E-state index in [4.69, 9.17) is 4.74 Å². The van der Waals surface area contributed by atoms with Gasteiger partial charge in [0.1, 0.15) is 13.1 Å². The summed E-state index contributed by atoms with van der Waals surface area (Å²) >= 11 is 0. The summed E-state index contributed by atoms with van der Waals surface area (Å²) in [6.07, 6.45) is 17.6. The minimum absolute atomic E-state index is 0. The molecule has 0 spiro atoms. The van der Waals surface area contributed by atoms with Crippen LogP contribution in [0.3, 0.4) is 0 Å². The number of piperidine rings is 3. The number of ether oxygens (including phenoxy) is 1. The predicted molar refractivity (Wildman–Crippen MR) is 143 cm³/mol. The number of hydrogen-bond acceptors (Lipinski definition) is 3. The van der Waals surface area contributed by atoms with Gasteiger partial charge < -0.3 is 26.2 Å². The van der Waals surface area contributed by atoms with Gasteiger partial charge in [0, 0.05) is 24.3 Å². The molecule has 5 heteroatoms. The molecule has 3 heterocycles. The van der Waals surface area contributed by atoms with E-state index in [2.05, 4.69) is 6.92 Å². The summed E-state index contributed by atoms with van der Waals surface area (Å²) < 4.78 is 6.87. The molecule has 3 aliphatic heterocycles. The van der Waals surface area contributed by atoms with Crippen LogP contribution in [0.5, 0.6) is 0 Å². The summed E-state index contributed by atoms with van der Waals surface area (Å²) in [6.45, 7) is 7.70. The summed E-state index contributed by atoms with van der Waals surface area (Å²) in [5, 5.41) is 0. The second-order valence-corrected chi connectivity index (χ2v) is 11.5. The van der Waals surface area contributed by atoms with Crippen LogP contribution in [0.1, 0.15) is 114 Å². The van der Waals surface area contributed by atoms with Crippen molar-refractivity contribution in [3.05, 3.63) is 35.9 Å². The number of carbonyl (C=O) groups excluding carboxylic acids is 2. The topological polar surface area (TPSA) is 43.4 Å². The highest BCUT2D eigenvalue weighted by atomic mass is 79.9. The van der Waals surface area contributed by atoms with Crippen LogP contribution in [0.2, 0.25) is 0 Å². The fraction of sp³-hybridized carbons (Fsp3) is 0.742. The Morgan fingerprint density at radius 3 is 2.03 bits per heavy atom. The maximum absolute atomic E-state index is 12.9. The van der Waals surface area contributed by atoms with E-state index in [9.17, 15) is 9.59 Å². The average Bonchev–Trinajstić information content (AvgIpc) is 2.88. The Bertz CT molecular complexity index is 760. The van der Waals surface area contributed by atoms with Crippen LogP contribution in [0, 0.1) is 11.8 Å². The maximum Gasteiger partial charge on any atom is 0.309 e. The Hall–Kier alpha value is -1.20. The van der Waals surface area contributed by atoms with Crippen molar-refractivity contribution in [3.63, 3.8) is 0 Å². The quantitative estimate of drug-likeness (QED) is 0.122. The predicted octanol–water partition coefficient (Wildman–Crippen LogP) is 4.36. The van der Waals surface area contributed by atoms with Crippen LogP contribution in [-0.2, 0) is 9.53 Å². The largest absolute Gasteiger partial charge is 1.00 e. The van der Waals surface area contributed by atoms with Crippen molar-refractivity contribution in [2.75, 3.05) is 26.2 Å². The molecule has 3 fully saturated rings. The summed E-state index contributed by atoms with van der Waals surface area (Å²) in [6, 6.07) is 9.62. The van der Waals surface area contributed by atoms with Crippen LogP contribution < -0.4 is 17.0 Å². The van der Waals surface area contributed by atoms with Crippen molar-refractivity contribution in [3.8, 4) is 0 Å². The number of ketones is 1. The van der Waals surface area contributed by atoms with E-state index < -0.39 is 0 Å². The van der Waals surface area contributed by atoms with Gasteiger partial charge in [-0.05, 0) is 6.42 Å². The molecule has 0 aliphatic carbocycles. The second kappa shape index (κ2) is 16.6. The van der Waals surface area contributed by atoms with Gasteiger partial charge >= 0.3 is 5.97 Å². The molecule has 0 radical (unpaired) electrons. The van der Waals surface area contributed by atoms with E-state index in [0.717, 1.165) is 55.4 Å².